The molecule has 10 nitrogen and oxygen atoms in total. The van der Waals surface area contributed by atoms with Gasteiger partial charge in [0.25, 0.3) is 5.91 Å². The highest BCUT2D eigenvalue weighted by Crippen LogP contribution is 2.35. The summed E-state index contributed by atoms with van der Waals surface area (Å²) in [5.41, 5.74) is 0.502. The molecule has 5 amide bonds. The first-order valence-corrected chi connectivity index (χ1v) is 11.7. The summed E-state index contributed by atoms with van der Waals surface area (Å²) in [7, 11) is 0. The Morgan fingerprint density at radius 1 is 1.22 bits per heavy atom. The van der Waals surface area contributed by atoms with Crippen LogP contribution in [0.1, 0.15) is 30.4 Å². The van der Waals surface area contributed by atoms with E-state index in [1.54, 1.807) is 6.07 Å². The van der Waals surface area contributed by atoms with Crippen LogP contribution in [0.15, 0.2) is 12.3 Å². The lowest BCUT2D eigenvalue weighted by molar-refractivity contribution is -0.165. The van der Waals surface area contributed by atoms with E-state index >= 15 is 0 Å². The van der Waals surface area contributed by atoms with Crippen molar-refractivity contribution < 1.29 is 32.3 Å². The third-order valence-corrected chi connectivity index (χ3v) is 7.44. The number of nitrogens with one attached hydrogen (secondary N) is 3. The highest BCUT2D eigenvalue weighted by atomic mass is 35.5. The number of hydrogen-bond acceptors (Lipinski definition) is 5. The molecule has 0 saturated carbocycles. The van der Waals surface area contributed by atoms with Crippen LogP contribution in [-0.2, 0) is 27.3 Å². The predicted molar refractivity (Wildman–Crippen MR) is 120 cm³/mol. The van der Waals surface area contributed by atoms with E-state index in [4.69, 9.17) is 11.6 Å². The lowest BCUT2D eigenvalue weighted by Crippen LogP contribution is -2.56. The summed E-state index contributed by atoms with van der Waals surface area (Å²) in [6, 6.07) is 1.02. The van der Waals surface area contributed by atoms with E-state index < -0.39 is 47.9 Å². The molecule has 2 aromatic rings. The number of carbonyl (C=O) groups excluding carboxylic acids is 4. The molecule has 3 N–H and O–H groups in total. The molecule has 14 heteroatoms. The molecule has 0 bridgehead atoms. The molecule has 2 saturated heterocycles. The van der Waals surface area contributed by atoms with E-state index in [1.165, 1.54) is 11.1 Å². The van der Waals surface area contributed by atoms with Crippen LogP contribution in [0.5, 0.6) is 0 Å². The minimum Gasteiger partial charge on any atom is -0.342 e. The van der Waals surface area contributed by atoms with Crippen molar-refractivity contribution in [2.45, 2.75) is 43.9 Å². The standard InChI is InChI=1S/C22H22ClF3N6O4/c23-15-6-11-5-12(7-16(33)31-3-1-21(2-4-31)19(35)28-20(36)29-21)18(34)32(10-22(24,25)26)9-14(11)13-8-27-30-17(13)15/h6,8,12H,1-5,7,9-10H2,(H,27,30)(H2,28,29,35,36). The third-order valence-electron chi connectivity index (χ3n) is 7.14. The van der Waals surface area contributed by atoms with Gasteiger partial charge in [0.2, 0.25) is 11.8 Å². The molecule has 1 aromatic heterocycles. The number of nitrogens with zero attached hydrogens (tertiary/aromatic N) is 3. The molecule has 2 fully saturated rings. The highest BCUT2D eigenvalue weighted by molar-refractivity contribution is 6.35. The Morgan fingerprint density at radius 3 is 2.58 bits per heavy atom. The summed E-state index contributed by atoms with van der Waals surface area (Å²) in [6.07, 6.45) is -3.00. The first kappa shape index (κ1) is 24.3. The fraction of sp³-hybridized carbons (Fsp3) is 0.500. The second-order valence-corrected chi connectivity index (χ2v) is 9.85. The van der Waals surface area contributed by atoms with Gasteiger partial charge in [-0.05, 0) is 36.5 Å². The number of carbonyl (C=O) groups is 4. The van der Waals surface area contributed by atoms with Crippen molar-refractivity contribution in [2.75, 3.05) is 19.6 Å². The molecule has 1 aromatic carbocycles. The highest BCUT2D eigenvalue weighted by Gasteiger charge is 2.48. The molecule has 5 rings (SSSR count). The molecule has 0 radical (unpaired) electrons. The van der Waals surface area contributed by atoms with Crippen molar-refractivity contribution >= 4 is 46.3 Å². The van der Waals surface area contributed by atoms with Crippen molar-refractivity contribution in [3.8, 4) is 0 Å². The van der Waals surface area contributed by atoms with Gasteiger partial charge >= 0.3 is 12.2 Å². The van der Waals surface area contributed by atoms with Gasteiger partial charge in [0.15, 0.2) is 0 Å². The molecule has 192 valence electrons. The number of rotatable bonds is 3. The van der Waals surface area contributed by atoms with Crippen LogP contribution < -0.4 is 10.6 Å². The molecule has 4 heterocycles. The number of fused-ring (bicyclic) bond motifs is 3. The largest absolute Gasteiger partial charge is 0.406 e. The number of aromatic amines is 1. The Hall–Kier alpha value is -3.35. The van der Waals surface area contributed by atoms with Gasteiger partial charge in [0, 0.05) is 31.4 Å². The monoisotopic (exact) mass is 526 g/mol. The Kier molecular flexibility index (Phi) is 5.85. The summed E-state index contributed by atoms with van der Waals surface area (Å²) in [5, 5.41) is 12.3. The van der Waals surface area contributed by atoms with Crippen LogP contribution in [0, 0.1) is 5.92 Å². The van der Waals surface area contributed by atoms with E-state index in [-0.39, 0.29) is 45.3 Å². The van der Waals surface area contributed by atoms with Crippen LogP contribution in [0.25, 0.3) is 10.9 Å². The fourth-order valence-corrected chi connectivity index (χ4v) is 5.57. The molecule has 1 unspecified atom stereocenters. The summed E-state index contributed by atoms with van der Waals surface area (Å²) < 4.78 is 40.1. The van der Waals surface area contributed by atoms with Gasteiger partial charge in [-0.2, -0.15) is 18.3 Å². The molecule has 36 heavy (non-hydrogen) atoms. The van der Waals surface area contributed by atoms with Crippen molar-refractivity contribution in [3.05, 3.63) is 28.4 Å². The average molecular weight is 527 g/mol. The molecule has 1 spiro atoms. The minimum atomic E-state index is -4.62. The molecule has 3 aliphatic rings. The zero-order chi connectivity index (χ0) is 25.8. The summed E-state index contributed by atoms with van der Waals surface area (Å²) in [5.74, 6) is -2.63. The number of aromatic nitrogens is 2. The maximum atomic E-state index is 13.4. The van der Waals surface area contributed by atoms with Crippen LogP contribution >= 0.6 is 11.6 Å². The number of benzene rings is 1. The Labute approximate surface area is 207 Å². The van der Waals surface area contributed by atoms with Crippen LogP contribution in [0.2, 0.25) is 5.02 Å². The number of amides is 5. The van der Waals surface area contributed by atoms with E-state index in [0.29, 0.717) is 27.1 Å². The van der Waals surface area contributed by atoms with Crippen molar-refractivity contribution in [2.24, 2.45) is 5.92 Å². The summed E-state index contributed by atoms with van der Waals surface area (Å²) in [6.45, 7) is -1.40. The van der Waals surface area contributed by atoms with E-state index in [0.717, 1.165) is 4.90 Å². The Morgan fingerprint density at radius 2 is 1.94 bits per heavy atom. The van der Waals surface area contributed by atoms with Gasteiger partial charge in [-0.15, -0.1) is 0 Å². The molecular weight excluding hydrogens is 505 g/mol. The van der Waals surface area contributed by atoms with Crippen LogP contribution in [-0.4, -0.2) is 75.1 Å². The molecular formula is C22H22ClF3N6O4. The van der Waals surface area contributed by atoms with E-state index in [9.17, 15) is 32.3 Å². The van der Waals surface area contributed by atoms with Crippen molar-refractivity contribution in [3.63, 3.8) is 0 Å². The number of likely N-dealkylation sites (tertiary alicyclic amines) is 1. The second kappa shape index (κ2) is 8.64. The van der Waals surface area contributed by atoms with Gasteiger partial charge in [-0.3, -0.25) is 24.8 Å². The molecule has 3 aliphatic heterocycles. The maximum absolute atomic E-state index is 13.4. The number of H-pyrrole nitrogens is 1. The normalized spacial score (nSPS) is 22.0. The van der Waals surface area contributed by atoms with Gasteiger partial charge in [0.05, 0.1) is 22.7 Å². The number of imide groups is 1. The van der Waals surface area contributed by atoms with E-state index in [1.807, 2.05) is 0 Å². The zero-order valence-electron chi connectivity index (χ0n) is 18.9. The second-order valence-electron chi connectivity index (χ2n) is 9.44. The van der Waals surface area contributed by atoms with Crippen LogP contribution in [0.3, 0.4) is 0 Å². The zero-order valence-corrected chi connectivity index (χ0v) is 19.6. The van der Waals surface area contributed by atoms with Gasteiger partial charge < -0.3 is 15.1 Å². The van der Waals surface area contributed by atoms with Gasteiger partial charge in [-0.1, -0.05) is 11.6 Å². The lowest BCUT2D eigenvalue weighted by Gasteiger charge is -2.37. The van der Waals surface area contributed by atoms with Crippen LogP contribution in [0.4, 0.5) is 18.0 Å². The first-order chi connectivity index (χ1) is 17.0. The number of alkyl halides is 3. The topological polar surface area (TPSA) is 128 Å². The Balaban J connectivity index is 1.38. The average Bonchev–Trinajstić information content (AvgIpc) is 3.36. The number of piperidine rings is 1. The maximum Gasteiger partial charge on any atom is 0.406 e. The number of halogens is 4. The molecule has 0 aliphatic carbocycles. The smallest absolute Gasteiger partial charge is 0.342 e. The summed E-state index contributed by atoms with van der Waals surface area (Å²) >= 11 is 6.34. The molecule has 1 atom stereocenters. The van der Waals surface area contributed by atoms with Crippen molar-refractivity contribution in [1.82, 2.24) is 30.6 Å². The number of hydrogen-bond donors (Lipinski definition) is 3. The predicted octanol–water partition coefficient (Wildman–Crippen LogP) is 1.87. The van der Waals surface area contributed by atoms with E-state index in [2.05, 4.69) is 20.8 Å². The number of urea groups is 1. The Bertz CT molecular complexity index is 1270. The summed E-state index contributed by atoms with van der Waals surface area (Å²) in [4.78, 5) is 52.3. The quantitative estimate of drug-likeness (QED) is 0.526. The fourth-order valence-electron chi connectivity index (χ4n) is 5.30. The van der Waals surface area contributed by atoms with Gasteiger partial charge in [-0.25, -0.2) is 4.79 Å². The van der Waals surface area contributed by atoms with Crippen molar-refractivity contribution in [1.29, 1.82) is 0 Å². The van der Waals surface area contributed by atoms with Gasteiger partial charge in [0.1, 0.15) is 12.1 Å². The minimum absolute atomic E-state index is 0.0470. The lowest BCUT2D eigenvalue weighted by atomic mass is 9.87. The first-order valence-electron chi connectivity index (χ1n) is 11.4. The SMILES string of the molecule is O=C1NC(=O)C2(CCN(C(=O)CC3Cc4cc(Cl)c5[nH]ncc5c4CN(CC(F)(F)F)C3=O)CC2)N1. The third kappa shape index (κ3) is 4.36.